The van der Waals surface area contributed by atoms with Gasteiger partial charge in [0.25, 0.3) is 0 Å². The quantitative estimate of drug-likeness (QED) is 0.797. The van der Waals surface area contributed by atoms with Crippen molar-refractivity contribution in [2.75, 3.05) is 19.0 Å². The van der Waals surface area contributed by atoms with Crippen LogP contribution in [0.25, 0.3) is 0 Å². The molecule has 2 rings (SSSR count). The van der Waals surface area contributed by atoms with Crippen molar-refractivity contribution in [3.05, 3.63) is 35.6 Å². The van der Waals surface area contributed by atoms with E-state index >= 15 is 0 Å². The summed E-state index contributed by atoms with van der Waals surface area (Å²) in [4.78, 5) is 13.9. The molecule has 1 aromatic carbocycles. The Morgan fingerprint density at radius 1 is 1.47 bits per heavy atom. The van der Waals surface area contributed by atoms with Gasteiger partial charge in [0.2, 0.25) is 5.91 Å². The highest BCUT2D eigenvalue weighted by Gasteiger charge is 2.28. The predicted molar refractivity (Wildman–Crippen MR) is 71.7 cm³/mol. The Morgan fingerprint density at radius 2 is 2.21 bits per heavy atom. The molecule has 2 atom stereocenters. The fraction of sp³-hybridized carbons (Fsp3) is 0.500. The summed E-state index contributed by atoms with van der Waals surface area (Å²) in [5.41, 5.74) is 0.425. The highest BCUT2D eigenvalue weighted by atomic mass is 35.5. The number of hydrogen-bond donors (Lipinski definition) is 0. The van der Waals surface area contributed by atoms with Gasteiger partial charge in [-0.3, -0.25) is 4.79 Å². The van der Waals surface area contributed by atoms with Gasteiger partial charge in [0.15, 0.2) is 0 Å². The number of carbonyl (C=O) groups is 1. The smallest absolute Gasteiger partial charge is 0.227 e. The van der Waals surface area contributed by atoms with Crippen LogP contribution in [0, 0.1) is 5.82 Å². The number of ether oxygens (including phenoxy) is 1. The summed E-state index contributed by atoms with van der Waals surface area (Å²) in [5.74, 6) is -0.0743. The molecule has 2 unspecified atom stereocenters. The molecule has 0 aliphatic carbocycles. The van der Waals surface area contributed by atoms with Crippen LogP contribution in [0.3, 0.4) is 0 Å². The van der Waals surface area contributed by atoms with Gasteiger partial charge < -0.3 is 9.64 Å². The summed E-state index contributed by atoms with van der Waals surface area (Å²) >= 11 is 5.78. The van der Waals surface area contributed by atoms with Crippen molar-refractivity contribution in [1.82, 2.24) is 4.90 Å². The normalized spacial score (nSPS) is 23.4. The van der Waals surface area contributed by atoms with Crippen LogP contribution >= 0.6 is 11.6 Å². The lowest BCUT2D eigenvalue weighted by atomic mass is 10.1. The van der Waals surface area contributed by atoms with Crippen molar-refractivity contribution in [3.63, 3.8) is 0 Å². The van der Waals surface area contributed by atoms with E-state index in [2.05, 4.69) is 0 Å². The molecule has 1 saturated heterocycles. The molecule has 0 spiro atoms. The number of rotatable bonds is 3. The van der Waals surface area contributed by atoms with E-state index in [1.165, 1.54) is 6.07 Å². The van der Waals surface area contributed by atoms with Gasteiger partial charge in [-0.2, -0.15) is 0 Å². The molecule has 0 bridgehead atoms. The third kappa shape index (κ3) is 3.67. The first-order valence-electron chi connectivity index (χ1n) is 6.32. The van der Waals surface area contributed by atoms with E-state index in [1.807, 2.05) is 6.92 Å². The van der Waals surface area contributed by atoms with Crippen LogP contribution in [0.5, 0.6) is 0 Å². The maximum absolute atomic E-state index is 13.5. The number of benzene rings is 1. The van der Waals surface area contributed by atoms with E-state index in [4.69, 9.17) is 16.3 Å². The minimum atomic E-state index is -0.342. The van der Waals surface area contributed by atoms with Crippen LogP contribution in [-0.4, -0.2) is 42.0 Å². The molecule has 1 aliphatic rings. The van der Waals surface area contributed by atoms with E-state index < -0.39 is 0 Å². The SMILES string of the molecule is CC1CN(C(=O)Cc2ccccc2F)CC(CCl)O1. The minimum absolute atomic E-state index is 0.0397. The molecular formula is C14H17ClFNO2. The second kappa shape index (κ2) is 6.35. The van der Waals surface area contributed by atoms with E-state index in [9.17, 15) is 9.18 Å². The number of alkyl halides is 1. The number of hydrogen-bond acceptors (Lipinski definition) is 2. The van der Waals surface area contributed by atoms with Crippen molar-refractivity contribution in [1.29, 1.82) is 0 Å². The van der Waals surface area contributed by atoms with Gasteiger partial charge in [0.1, 0.15) is 5.82 Å². The first kappa shape index (κ1) is 14.3. The first-order chi connectivity index (χ1) is 9.10. The second-order valence-electron chi connectivity index (χ2n) is 4.79. The highest BCUT2D eigenvalue weighted by molar-refractivity contribution is 6.18. The Hall–Kier alpha value is -1.13. The van der Waals surface area contributed by atoms with Crippen molar-refractivity contribution in [2.45, 2.75) is 25.6 Å². The zero-order valence-corrected chi connectivity index (χ0v) is 11.6. The molecule has 1 fully saturated rings. The van der Waals surface area contributed by atoms with Crippen molar-refractivity contribution in [3.8, 4) is 0 Å². The van der Waals surface area contributed by atoms with E-state index in [1.54, 1.807) is 23.1 Å². The maximum Gasteiger partial charge on any atom is 0.227 e. The van der Waals surface area contributed by atoms with Crippen LogP contribution in [0.4, 0.5) is 4.39 Å². The standard InChI is InChI=1S/C14H17ClFNO2/c1-10-8-17(9-12(7-15)19-10)14(18)6-11-4-2-3-5-13(11)16/h2-5,10,12H,6-9H2,1H3. The fourth-order valence-corrected chi connectivity index (χ4v) is 2.42. The molecule has 104 valence electrons. The van der Waals surface area contributed by atoms with Gasteiger partial charge in [-0.05, 0) is 18.6 Å². The largest absolute Gasteiger partial charge is 0.370 e. The topological polar surface area (TPSA) is 29.5 Å². The Morgan fingerprint density at radius 3 is 2.89 bits per heavy atom. The first-order valence-corrected chi connectivity index (χ1v) is 6.86. The second-order valence-corrected chi connectivity index (χ2v) is 5.10. The number of amides is 1. The molecular weight excluding hydrogens is 269 g/mol. The lowest BCUT2D eigenvalue weighted by Crippen LogP contribution is -2.50. The Kier molecular flexibility index (Phi) is 4.77. The van der Waals surface area contributed by atoms with Crippen molar-refractivity contribution >= 4 is 17.5 Å². The van der Waals surface area contributed by atoms with Crippen molar-refractivity contribution in [2.24, 2.45) is 0 Å². The summed E-state index contributed by atoms with van der Waals surface area (Å²) < 4.78 is 19.1. The molecule has 5 heteroatoms. The number of carbonyl (C=O) groups excluding carboxylic acids is 1. The Bertz CT molecular complexity index is 455. The highest BCUT2D eigenvalue weighted by Crippen LogP contribution is 2.15. The minimum Gasteiger partial charge on any atom is -0.370 e. The van der Waals surface area contributed by atoms with Crippen molar-refractivity contribution < 1.29 is 13.9 Å². The van der Waals surface area contributed by atoms with E-state index in [-0.39, 0.29) is 30.4 Å². The van der Waals surface area contributed by atoms with E-state index in [0.29, 0.717) is 24.5 Å². The summed E-state index contributed by atoms with van der Waals surface area (Å²) in [5, 5.41) is 0. The summed E-state index contributed by atoms with van der Waals surface area (Å²) in [7, 11) is 0. The van der Waals surface area contributed by atoms with Gasteiger partial charge >= 0.3 is 0 Å². The fourth-order valence-electron chi connectivity index (χ4n) is 2.25. The Labute approximate surface area is 117 Å². The molecule has 19 heavy (non-hydrogen) atoms. The molecule has 0 radical (unpaired) electrons. The van der Waals surface area contributed by atoms with Gasteiger partial charge in [0, 0.05) is 13.1 Å². The van der Waals surface area contributed by atoms with Gasteiger partial charge in [-0.25, -0.2) is 4.39 Å². The van der Waals surface area contributed by atoms with Crippen LogP contribution in [-0.2, 0) is 16.0 Å². The van der Waals surface area contributed by atoms with Crippen LogP contribution in [0.2, 0.25) is 0 Å². The van der Waals surface area contributed by atoms with Crippen LogP contribution < -0.4 is 0 Å². The summed E-state index contributed by atoms with van der Waals surface area (Å²) in [6.45, 7) is 2.91. The molecule has 0 saturated carbocycles. The van der Waals surface area contributed by atoms with Crippen LogP contribution in [0.1, 0.15) is 12.5 Å². The molecule has 1 heterocycles. The lowest BCUT2D eigenvalue weighted by Gasteiger charge is -2.36. The molecule has 0 aromatic heterocycles. The third-order valence-corrected chi connectivity index (χ3v) is 3.49. The molecule has 0 N–H and O–H groups in total. The molecule has 3 nitrogen and oxygen atoms in total. The Balaban J connectivity index is 2.01. The summed E-state index contributed by atoms with van der Waals surface area (Å²) in [6, 6.07) is 6.35. The van der Waals surface area contributed by atoms with E-state index in [0.717, 1.165) is 0 Å². The average molecular weight is 286 g/mol. The van der Waals surface area contributed by atoms with Gasteiger partial charge in [-0.1, -0.05) is 18.2 Å². The average Bonchev–Trinajstić information content (AvgIpc) is 2.40. The zero-order valence-electron chi connectivity index (χ0n) is 10.8. The predicted octanol–water partition coefficient (Wildman–Crippen LogP) is 2.22. The van der Waals surface area contributed by atoms with Gasteiger partial charge in [0.05, 0.1) is 24.5 Å². The monoisotopic (exact) mass is 285 g/mol. The van der Waals surface area contributed by atoms with Gasteiger partial charge in [-0.15, -0.1) is 11.6 Å². The summed E-state index contributed by atoms with van der Waals surface area (Å²) in [6.07, 6.45) is -0.106. The number of morpholine rings is 1. The zero-order chi connectivity index (χ0) is 13.8. The molecule has 1 amide bonds. The number of halogens is 2. The lowest BCUT2D eigenvalue weighted by molar-refractivity contribution is -0.142. The third-order valence-electron chi connectivity index (χ3n) is 3.15. The molecule has 1 aromatic rings. The van der Waals surface area contributed by atoms with Crippen LogP contribution in [0.15, 0.2) is 24.3 Å². The maximum atomic E-state index is 13.5. The molecule has 1 aliphatic heterocycles. The number of nitrogens with zero attached hydrogens (tertiary/aromatic N) is 1.